The summed E-state index contributed by atoms with van der Waals surface area (Å²) in [6.45, 7) is 8.89. The van der Waals surface area contributed by atoms with Crippen LogP contribution in [0.15, 0.2) is 29.2 Å². The number of nitrogens with one attached hydrogen (secondary N) is 2. The first-order chi connectivity index (χ1) is 11.7. The number of aromatic nitrogens is 2. The molecule has 1 aliphatic rings. The molecule has 3 rings (SSSR count). The van der Waals surface area contributed by atoms with E-state index in [0.717, 1.165) is 6.42 Å². The van der Waals surface area contributed by atoms with Gasteiger partial charge in [0.15, 0.2) is 17.3 Å². The predicted octanol–water partition coefficient (Wildman–Crippen LogP) is 3.15. The molecule has 0 saturated heterocycles. The van der Waals surface area contributed by atoms with Crippen molar-refractivity contribution in [3.63, 3.8) is 0 Å². The lowest BCUT2D eigenvalue weighted by molar-refractivity contribution is 0.0595. The minimum Gasteiger partial charge on any atom is -0.486 e. The smallest absolute Gasteiger partial charge is 0.346 e. The summed E-state index contributed by atoms with van der Waals surface area (Å²) in [6, 6.07) is 5.57. The fourth-order valence-electron chi connectivity index (χ4n) is 3.16. The van der Waals surface area contributed by atoms with Crippen molar-refractivity contribution in [2.24, 2.45) is 11.1 Å². The number of fused-ring (bicyclic) bond motifs is 2. The molecule has 2 aromatic rings. The maximum atomic E-state index is 11.5. The van der Waals surface area contributed by atoms with Crippen molar-refractivity contribution in [2.45, 2.75) is 39.7 Å². The third-order valence-corrected chi connectivity index (χ3v) is 4.08. The highest BCUT2D eigenvalue weighted by molar-refractivity contribution is 5.77. The van der Waals surface area contributed by atoms with E-state index >= 15 is 0 Å². The number of benzene rings is 1. The molecule has 0 fully saturated rings. The van der Waals surface area contributed by atoms with E-state index in [1.165, 1.54) is 6.20 Å². The summed E-state index contributed by atoms with van der Waals surface area (Å²) in [5.41, 5.74) is 5.63. The molecule has 0 unspecified atom stereocenters. The molecule has 7 heteroatoms. The molecular formula is C18H24N4O3. The molecule has 1 aliphatic heterocycles. The monoisotopic (exact) mass is 344 g/mol. The van der Waals surface area contributed by atoms with Gasteiger partial charge in [0, 0.05) is 0 Å². The van der Waals surface area contributed by atoms with E-state index < -0.39 is 11.3 Å². The Morgan fingerprint density at radius 3 is 2.72 bits per heavy atom. The number of aromatic amines is 1. The highest BCUT2D eigenvalue weighted by Gasteiger charge is 2.31. The topological polar surface area (TPSA) is 102 Å². The van der Waals surface area contributed by atoms with E-state index in [1.807, 2.05) is 32.0 Å². The summed E-state index contributed by atoms with van der Waals surface area (Å²) in [6.07, 6.45) is 2.18. The van der Waals surface area contributed by atoms with Crippen LogP contribution in [-0.4, -0.2) is 22.1 Å². The zero-order chi connectivity index (χ0) is 18.2. The van der Waals surface area contributed by atoms with Crippen LogP contribution in [0.3, 0.4) is 0 Å². The average molecular weight is 344 g/mol. The summed E-state index contributed by atoms with van der Waals surface area (Å²) in [7, 11) is 0. The first-order valence-corrected chi connectivity index (χ1v) is 8.25. The maximum absolute atomic E-state index is 11.5. The van der Waals surface area contributed by atoms with Crippen LogP contribution in [0.25, 0.3) is 0 Å². The largest absolute Gasteiger partial charge is 0.486 e. The number of nitrogens with zero attached hydrogens (tertiary/aromatic N) is 1. The summed E-state index contributed by atoms with van der Waals surface area (Å²) in [4.78, 5) is 17.8. The standard InChI is InChI=1S/C18H24N4O3/c1-17(2,10-19)9-18(3,4)25-12-7-5-6-11-14(12)21-15-13(24-11)8-20-16(23)22-15/h5-8H,9-10,19H2,1-4H3,(H2,20,21,22,23). The number of nitrogens with two attached hydrogens (primary N) is 1. The molecule has 1 aromatic carbocycles. The Balaban J connectivity index is 1.90. The van der Waals surface area contributed by atoms with Crippen LogP contribution in [0.1, 0.15) is 34.1 Å². The van der Waals surface area contributed by atoms with Gasteiger partial charge in [0.1, 0.15) is 17.0 Å². The molecule has 0 saturated carbocycles. The van der Waals surface area contributed by atoms with Crippen LogP contribution >= 0.6 is 0 Å². The fourth-order valence-corrected chi connectivity index (χ4v) is 3.16. The van der Waals surface area contributed by atoms with Crippen LogP contribution in [0.2, 0.25) is 0 Å². The highest BCUT2D eigenvalue weighted by atomic mass is 16.5. The molecule has 1 aromatic heterocycles. The lowest BCUT2D eigenvalue weighted by atomic mass is 9.82. The molecule has 0 bridgehead atoms. The molecule has 25 heavy (non-hydrogen) atoms. The Hall–Kier alpha value is -2.54. The van der Waals surface area contributed by atoms with Crippen molar-refractivity contribution in [1.29, 1.82) is 0 Å². The van der Waals surface area contributed by atoms with E-state index in [-0.39, 0.29) is 5.41 Å². The van der Waals surface area contributed by atoms with Gasteiger partial charge in [-0.3, -0.25) is 4.98 Å². The number of hydrogen-bond donors (Lipinski definition) is 3. The third kappa shape index (κ3) is 3.76. The normalized spacial score (nSPS) is 13.3. The molecule has 0 radical (unpaired) electrons. The van der Waals surface area contributed by atoms with Gasteiger partial charge >= 0.3 is 5.69 Å². The summed E-state index contributed by atoms with van der Waals surface area (Å²) < 4.78 is 12.1. The second kappa shape index (κ2) is 6.07. The van der Waals surface area contributed by atoms with Crippen LogP contribution in [0.4, 0.5) is 11.5 Å². The predicted molar refractivity (Wildman–Crippen MR) is 96.8 cm³/mol. The Kier molecular flexibility index (Phi) is 4.20. The first kappa shape index (κ1) is 17.3. The van der Waals surface area contributed by atoms with Gasteiger partial charge in [0.2, 0.25) is 0 Å². The quantitative estimate of drug-likeness (QED) is 0.657. The number of hydrogen-bond acceptors (Lipinski definition) is 6. The summed E-state index contributed by atoms with van der Waals surface area (Å²) in [5.74, 6) is 2.20. The van der Waals surface area contributed by atoms with Gasteiger partial charge in [0.25, 0.3) is 0 Å². The van der Waals surface area contributed by atoms with Gasteiger partial charge in [0.05, 0.1) is 6.20 Å². The van der Waals surface area contributed by atoms with Crippen molar-refractivity contribution >= 4 is 11.5 Å². The summed E-state index contributed by atoms with van der Waals surface area (Å²) in [5, 5.41) is 3.18. The first-order valence-electron chi connectivity index (χ1n) is 8.25. The number of ether oxygens (including phenoxy) is 2. The van der Waals surface area contributed by atoms with Gasteiger partial charge in [-0.15, -0.1) is 0 Å². The third-order valence-electron chi connectivity index (χ3n) is 4.08. The molecule has 7 nitrogen and oxygen atoms in total. The van der Waals surface area contributed by atoms with Crippen molar-refractivity contribution in [3.8, 4) is 17.2 Å². The zero-order valence-corrected chi connectivity index (χ0v) is 15.0. The number of anilines is 2. The fraction of sp³-hybridized carbons (Fsp3) is 0.444. The lowest BCUT2D eigenvalue weighted by Crippen LogP contribution is -2.38. The second-order valence-corrected chi connectivity index (χ2v) is 7.69. The average Bonchev–Trinajstić information content (AvgIpc) is 2.52. The van der Waals surface area contributed by atoms with Gasteiger partial charge in [-0.2, -0.15) is 4.98 Å². The van der Waals surface area contributed by atoms with E-state index in [9.17, 15) is 4.79 Å². The van der Waals surface area contributed by atoms with Crippen LogP contribution in [-0.2, 0) is 0 Å². The molecule has 0 spiro atoms. The van der Waals surface area contributed by atoms with Crippen LogP contribution in [0, 0.1) is 5.41 Å². The Labute approximate surface area is 146 Å². The molecule has 4 N–H and O–H groups in total. The molecular weight excluding hydrogens is 320 g/mol. The van der Waals surface area contributed by atoms with Crippen molar-refractivity contribution in [1.82, 2.24) is 9.97 Å². The van der Waals surface area contributed by atoms with E-state index in [0.29, 0.717) is 35.3 Å². The Morgan fingerprint density at radius 2 is 2.00 bits per heavy atom. The Morgan fingerprint density at radius 1 is 1.24 bits per heavy atom. The second-order valence-electron chi connectivity index (χ2n) is 7.69. The zero-order valence-electron chi connectivity index (χ0n) is 15.0. The van der Waals surface area contributed by atoms with Crippen molar-refractivity contribution in [2.75, 3.05) is 11.9 Å². The number of para-hydroxylation sites is 1. The molecule has 0 amide bonds. The number of rotatable bonds is 5. The van der Waals surface area contributed by atoms with Gasteiger partial charge in [-0.05, 0) is 44.4 Å². The highest BCUT2D eigenvalue weighted by Crippen LogP contribution is 2.46. The van der Waals surface area contributed by atoms with Crippen molar-refractivity contribution < 1.29 is 9.47 Å². The van der Waals surface area contributed by atoms with E-state index in [2.05, 4.69) is 29.1 Å². The van der Waals surface area contributed by atoms with Gasteiger partial charge in [-0.1, -0.05) is 19.9 Å². The minimum atomic E-state index is -0.443. The SMILES string of the molecule is CC(C)(CN)CC(C)(C)Oc1cccc2c1Nc1[nH]c(=O)ncc1O2. The molecule has 0 atom stereocenters. The van der Waals surface area contributed by atoms with Crippen molar-refractivity contribution in [3.05, 3.63) is 34.9 Å². The van der Waals surface area contributed by atoms with Gasteiger partial charge in [-0.25, -0.2) is 4.79 Å². The molecule has 0 aliphatic carbocycles. The van der Waals surface area contributed by atoms with Crippen LogP contribution < -0.4 is 26.2 Å². The van der Waals surface area contributed by atoms with E-state index in [4.69, 9.17) is 15.2 Å². The van der Waals surface area contributed by atoms with E-state index in [1.54, 1.807) is 0 Å². The summed E-state index contributed by atoms with van der Waals surface area (Å²) >= 11 is 0. The lowest BCUT2D eigenvalue weighted by Gasteiger charge is -2.35. The Bertz CT molecular complexity index is 842. The molecule has 2 heterocycles. The maximum Gasteiger partial charge on any atom is 0.346 e. The molecule has 134 valence electrons. The van der Waals surface area contributed by atoms with Crippen LogP contribution in [0.5, 0.6) is 17.2 Å². The van der Waals surface area contributed by atoms with Gasteiger partial charge < -0.3 is 20.5 Å². The minimum absolute atomic E-state index is 0.0359. The number of H-pyrrole nitrogens is 1.